The molecule has 7 atom stereocenters. The zero-order chi connectivity index (χ0) is 41.6. The van der Waals surface area contributed by atoms with Gasteiger partial charge in [-0.25, -0.2) is 0 Å². The van der Waals surface area contributed by atoms with E-state index >= 15 is 0 Å². The molecule has 0 radical (unpaired) electrons. The largest absolute Gasteiger partial charge is 0.394 e. The Bertz CT molecular complexity index is 945. The van der Waals surface area contributed by atoms with Crippen molar-refractivity contribution in [2.24, 2.45) is 0 Å². The molecule has 0 saturated carbocycles. The zero-order valence-electron chi connectivity index (χ0n) is 36.9. The van der Waals surface area contributed by atoms with Crippen molar-refractivity contribution in [1.29, 1.82) is 0 Å². The van der Waals surface area contributed by atoms with E-state index in [0.29, 0.717) is 12.8 Å². The second-order valence-corrected chi connectivity index (χ2v) is 16.9. The summed E-state index contributed by atoms with van der Waals surface area (Å²) in [5.74, 6) is -0.155. The summed E-state index contributed by atoms with van der Waals surface area (Å²) >= 11 is 0. The first-order valence-electron chi connectivity index (χ1n) is 24.0. The van der Waals surface area contributed by atoms with Crippen LogP contribution in [0, 0.1) is 0 Å². The molecular weight excluding hydrogens is 719 g/mol. The normalized spacial score (nSPS) is 21.1. The minimum atomic E-state index is -1.56. The lowest BCUT2D eigenvalue weighted by Crippen LogP contribution is -2.60. The van der Waals surface area contributed by atoms with Crippen LogP contribution in [0.25, 0.3) is 0 Å². The molecule has 336 valence electrons. The van der Waals surface area contributed by atoms with Gasteiger partial charge in [-0.3, -0.25) is 4.79 Å². The Balaban J connectivity index is 2.28. The molecule has 2 unspecified atom stereocenters. The van der Waals surface area contributed by atoms with E-state index in [4.69, 9.17) is 9.47 Å². The van der Waals surface area contributed by atoms with Crippen LogP contribution in [0.3, 0.4) is 0 Å². The van der Waals surface area contributed by atoms with E-state index < -0.39 is 49.5 Å². The maximum absolute atomic E-state index is 13.0. The SMILES string of the molecule is CCCCCCCC/C=C/CCCCCCCCCCCCCC(=O)N[C@@H](CO[C@H]1O[C@@H](CO)[C@H](O)C(O)C1O)[C@H](O)CCCC/C=C/CCCCCCCCC. The summed E-state index contributed by atoms with van der Waals surface area (Å²) in [4.78, 5) is 13.0. The first-order valence-corrected chi connectivity index (χ1v) is 24.0. The highest BCUT2D eigenvalue weighted by Crippen LogP contribution is 2.23. The summed E-state index contributed by atoms with van der Waals surface area (Å²) in [5, 5.41) is 54.3. The molecule has 1 amide bonds. The van der Waals surface area contributed by atoms with Crippen LogP contribution in [0.1, 0.15) is 219 Å². The molecule has 0 aromatic carbocycles. The molecular formula is C48H91NO8. The second kappa shape index (κ2) is 38.8. The average Bonchev–Trinajstić information content (AvgIpc) is 3.21. The molecule has 6 N–H and O–H groups in total. The first-order chi connectivity index (χ1) is 27.8. The summed E-state index contributed by atoms with van der Waals surface area (Å²) in [6, 6.07) is -0.732. The molecule has 0 aliphatic carbocycles. The van der Waals surface area contributed by atoms with Gasteiger partial charge in [-0.2, -0.15) is 0 Å². The lowest BCUT2D eigenvalue weighted by molar-refractivity contribution is -0.302. The Morgan fingerprint density at radius 2 is 0.982 bits per heavy atom. The van der Waals surface area contributed by atoms with Gasteiger partial charge >= 0.3 is 0 Å². The van der Waals surface area contributed by atoms with E-state index in [1.54, 1.807) is 0 Å². The summed E-state index contributed by atoms with van der Waals surface area (Å²) in [6.45, 7) is 3.81. The highest BCUT2D eigenvalue weighted by atomic mass is 16.7. The van der Waals surface area contributed by atoms with Crippen molar-refractivity contribution < 1.29 is 39.8 Å². The fraction of sp³-hybridized carbons (Fsp3) is 0.896. The molecule has 9 heteroatoms. The van der Waals surface area contributed by atoms with Crippen LogP contribution in [-0.4, -0.2) is 87.5 Å². The number of carbonyl (C=O) groups is 1. The van der Waals surface area contributed by atoms with E-state index in [0.717, 1.165) is 44.9 Å². The summed E-state index contributed by atoms with van der Waals surface area (Å²) in [7, 11) is 0. The fourth-order valence-electron chi connectivity index (χ4n) is 7.62. The summed E-state index contributed by atoms with van der Waals surface area (Å²) in [6.07, 6.45) is 39.0. The number of allylic oxidation sites excluding steroid dienone is 4. The number of rotatable bonds is 40. The Morgan fingerprint density at radius 1 is 0.579 bits per heavy atom. The quantitative estimate of drug-likeness (QED) is 0.0265. The van der Waals surface area contributed by atoms with Crippen LogP contribution in [0.4, 0.5) is 0 Å². The average molecular weight is 810 g/mol. The van der Waals surface area contributed by atoms with Gasteiger partial charge in [0.05, 0.1) is 25.4 Å². The third-order valence-electron chi connectivity index (χ3n) is 11.5. The molecule has 0 bridgehead atoms. The number of hydrogen-bond donors (Lipinski definition) is 6. The van der Waals surface area contributed by atoms with Crippen LogP contribution in [0.15, 0.2) is 24.3 Å². The van der Waals surface area contributed by atoms with Gasteiger partial charge in [-0.15, -0.1) is 0 Å². The van der Waals surface area contributed by atoms with Gasteiger partial charge in [0, 0.05) is 6.42 Å². The van der Waals surface area contributed by atoms with Gasteiger partial charge in [0.15, 0.2) is 6.29 Å². The van der Waals surface area contributed by atoms with E-state index in [1.165, 1.54) is 148 Å². The van der Waals surface area contributed by atoms with Crippen molar-refractivity contribution in [3.05, 3.63) is 24.3 Å². The van der Waals surface area contributed by atoms with Crippen molar-refractivity contribution in [3.63, 3.8) is 0 Å². The Labute approximate surface area is 349 Å². The topological polar surface area (TPSA) is 149 Å². The van der Waals surface area contributed by atoms with Crippen molar-refractivity contribution in [2.75, 3.05) is 13.2 Å². The van der Waals surface area contributed by atoms with Gasteiger partial charge in [-0.05, 0) is 64.2 Å². The summed E-state index contributed by atoms with van der Waals surface area (Å²) in [5.41, 5.74) is 0. The number of hydrogen-bond acceptors (Lipinski definition) is 8. The van der Waals surface area contributed by atoms with Gasteiger partial charge in [0.1, 0.15) is 24.4 Å². The van der Waals surface area contributed by atoms with Gasteiger partial charge in [0.2, 0.25) is 5.91 Å². The maximum atomic E-state index is 13.0. The van der Waals surface area contributed by atoms with Crippen LogP contribution >= 0.6 is 0 Å². The monoisotopic (exact) mass is 810 g/mol. The number of ether oxygens (including phenoxy) is 2. The van der Waals surface area contributed by atoms with E-state index in [1.807, 2.05) is 0 Å². The Morgan fingerprint density at radius 3 is 1.42 bits per heavy atom. The summed E-state index contributed by atoms with van der Waals surface area (Å²) < 4.78 is 11.2. The van der Waals surface area contributed by atoms with Crippen LogP contribution in [0.2, 0.25) is 0 Å². The number of aliphatic hydroxyl groups excluding tert-OH is 5. The van der Waals surface area contributed by atoms with E-state index in [9.17, 15) is 30.3 Å². The molecule has 1 heterocycles. The third kappa shape index (κ3) is 29.5. The zero-order valence-corrected chi connectivity index (χ0v) is 36.9. The highest BCUT2D eigenvalue weighted by molar-refractivity contribution is 5.76. The smallest absolute Gasteiger partial charge is 0.220 e. The van der Waals surface area contributed by atoms with Crippen molar-refractivity contribution in [1.82, 2.24) is 5.32 Å². The maximum Gasteiger partial charge on any atom is 0.220 e. The highest BCUT2D eigenvalue weighted by Gasteiger charge is 2.44. The van der Waals surface area contributed by atoms with Gasteiger partial charge in [-0.1, -0.05) is 173 Å². The predicted octanol–water partition coefficient (Wildman–Crippen LogP) is 10.3. The van der Waals surface area contributed by atoms with Crippen LogP contribution < -0.4 is 5.32 Å². The fourth-order valence-corrected chi connectivity index (χ4v) is 7.62. The molecule has 57 heavy (non-hydrogen) atoms. The minimum Gasteiger partial charge on any atom is -0.394 e. The van der Waals surface area contributed by atoms with Crippen molar-refractivity contribution >= 4 is 5.91 Å². The molecule has 9 nitrogen and oxygen atoms in total. The first kappa shape index (κ1) is 53.7. The van der Waals surface area contributed by atoms with Gasteiger partial charge < -0.3 is 40.3 Å². The van der Waals surface area contributed by atoms with Crippen LogP contribution in [0.5, 0.6) is 0 Å². The molecule has 1 rings (SSSR count). The molecule has 1 fully saturated rings. The molecule has 0 aromatic rings. The number of nitrogens with one attached hydrogen (secondary N) is 1. The predicted molar refractivity (Wildman–Crippen MR) is 235 cm³/mol. The second-order valence-electron chi connectivity index (χ2n) is 16.9. The standard InChI is InChI=1S/C48H91NO8/c1-3-5-7-9-11-13-15-17-18-19-20-21-22-23-24-26-28-30-32-34-36-38-44(52)49-41(40-56-48-47(55)46(54)45(53)43(39-50)57-48)42(51)37-35-33-31-29-27-25-16-14-12-10-8-6-4-2/h17-18,27,29,41-43,45-48,50-51,53-55H,3-16,19-26,28,30-40H2,1-2H3,(H,49,52)/b18-17+,29-27+/t41-,42+,43-,45-,46?,47?,48-/m0/s1. The molecule has 0 aromatic heterocycles. The molecule has 1 aliphatic rings. The molecule has 1 saturated heterocycles. The van der Waals surface area contributed by atoms with Crippen LogP contribution in [-0.2, 0) is 14.3 Å². The van der Waals surface area contributed by atoms with Crippen molar-refractivity contribution in [3.8, 4) is 0 Å². The number of unbranched alkanes of at least 4 members (excludes halogenated alkanes) is 26. The number of carbonyl (C=O) groups excluding carboxylic acids is 1. The number of amides is 1. The lowest BCUT2D eigenvalue weighted by Gasteiger charge is -2.40. The Hall–Kier alpha value is -1.33. The number of aliphatic hydroxyl groups is 5. The molecule has 1 aliphatic heterocycles. The lowest BCUT2D eigenvalue weighted by atomic mass is 9.99. The van der Waals surface area contributed by atoms with E-state index in [-0.39, 0.29) is 12.5 Å². The van der Waals surface area contributed by atoms with Crippen molar-refractivity contribution in [2.45, 2.75) is 262 Å². The van der Waals surface area contributed by atoms with Gasteiger partial charge in [0.25, 0.3) is 0 Å². The Kier molecular flexibility index (Phi) is 36.6. The minimum absolute atomic E-state index is 0.149. The van der Waals surface area contributed by atoms with E-state index in [2.05, 4.69) is 43.5 Å². The third-order valence-corrected chi connectivity index (χ3v) is 11.5. The molecule has 0 spiro atoms.